The van der Waals surface area contributed by atoms with Crippen molar-refractivity contribution < 1.29 is 0 Å². The van der Waals surface area contributed by atoms with E-state index >= 15 is 0 Å². The summed E-state index contributed by atoms with van der Waals surface area (Å²) in [7, 11) is 0. The molecule has 5 heteroatoms. The molecule has 0 saturated carbocycles. The van der Waals surface area contributed by atoms with E-state index in [9.17, 15) is 0 Å². The number of nitrogens with zero attached hydrogens (tertiary/aromatic N) is 4. The highest BCUT2D eigenvalue weighted by atomic mass is 15.3. The number of aromatic nitrogens is 4. The molecule has 0 aromatic carbocycles. The first-order valence-corrected chi connectivity index (χ1v) is 3.86. The van der Waals surface area contributed by atoms with E-state index in [1.165, 1.54) is 0 Å². The van der Waals surface area contributed by atoms with Gasteiger partial charge in [0.2, 0.25) is 0 Å². The zero-order valence-corrected chi connectivity index (χ0v) is 7.18. The Hall–Kier alpha value is -1.91. The van der Waals surface area contributed by atoms with Gasteiger partial charge in [-0.2, -0.15) is 5.10 Å². The minimum absolute atomic E-state index is 0.441. The SMILES string of the molecule is Cc1ncc(-n2cccn2)c(N)n1. The summed E-state index contributed by atoms with van der Waals surface area (Å²) in [6.45, 7) is 1.79. The number of hydrogen-bond acceptors (Lipinski definition) is 4. The second-order valence-electron chi connectivity index (χ2n) is 2.64. The van der Waals surface area contributed by atoms with Crippen molar-refractivity contribution in [2.24, 2.45) is 0 Å². The summed E-state index contributed by atoms with van der Waals surface area (Å²) in [6, 6.07) is 1.82. The summed E-state index contributed by atoms with van der Waals surface area (Å²) in [5, 5.41) is 4.03. The van der Waals surface area contributed by atoms with E-state index in [1.807, 2.05) is 6.07 Å². The van der Waals surface area contributed by atoms with Crippen molar-refractivity contribution in [3.8, 4) is 5.69 Å². The molecule has 0 spiro atoms. The quantitative estimate of drug-likeness (QED) is 0.687. The van der Waals surface area contributed by atoms with Gasteiger partial charge in [-0.05, 0) is 13.0 Å². The summed E-state index contributed by atoms with van der Waals surface area (Å²) >= 11 is 0. The highest BCUT2D eigenvalue weighted by Gasteiger charge is 2.03. The van der Waals surface area contributed by atoms with E-state index in [2.05, 4.69) is 15.1 Å². The smallest absolute Gasteiger partial charge is 0.153 e. The highest BCUT2D eigenvalue weighted by Crippen LogP contribution is 2.11. The largest absolute Gasteiger partial charge is 0.382 e. The maximum atomic E-state index is 5.70. The Morgan fingerprint density at radius 1 is 1.46 bits per heavy atom. The number of rotatable bonds is 1. The number of anilines is 1. The van der Waals surface area contributed by atoms with Crippen LogP contribution in [0.2, 0.25) is 0 Å². The van der Waals surface area contributed by atoms with Gasteiger partial charge in [0, 0.05) is 12.4 Å². The fourth-order valence-corrected chi connectivity index (χ4v) is 1.07. The Bertz CT molecular complexity index is 406. The van der Waals surface area contributed by atoms with Crippen molar-refractivity contribution in [2.45, 2.75) is 6.92 Å². The van der Waals surface area contributed by atoms with Crippen molar-refractivity contribution in [1.82, 2.24) is 19.7 Å². The van der Waals surface area contributed by atoms with E-state index in [1.54, 1.807) is 30.2 Å². The van der Waals surface area contributed by atoms with Crippen molar-refractivity contribution in [1.29, 1.82) is 0 Å². The van der Waals surface area contributed by atoms with Crippen LogP contribution in [-0.2, 0) is 0 Å². The van der Waals surface area contributed by atoms with E-state index in [-0.39, 0.29) is 0 Å². The van der Waals surface area contributed by atoms with Gasteiger partial charge in [-0.3, -0.25) is 0 Å². The number of nitrogen functional groups attached to an aromatic ring is 1. The number of nitrogens with two attached hydrogens (primary N) is 1. The maximum Gasteiger partial charge on any atom is 0.153 e. The standard InChI is InChI=1S/C8H9N5/c1-6-10-5-7(8(9)12-6)13-4-2-3-11-13/h2-5H,1H3,(H2,9,10,12). The van der Waals surface area contributed by atoms with E-state index < -0.39 is 0 Å². The van der Waals surface area contributed by atoms with Gasteiger partial charge in [-0.25, -0.2) is 14.6 Å². The van der Waals surface area contributed by atoms with E-state index in [0.717, 1.165) is 0 Å². The summed E-state index contributed by atoms with van der Waals surface area (Å²) < 4.78 is 1.63. The average Bonchev–Trinajstić information content (AvgIpc) is 2.56. The molecule has 66 valence electrons. The van der Waals surface area contributed by atoms with Crippen LogP contribution in [0.15, 0.2) is 24.7 Å². The molecule has 2 aromatic rings. The van der Waals surface area contributed by atoms with Gasteiger partial charge in [0.25, 0.3) is 0 Å². The monoisotopic (exact) mass is 175 g/mol. The van der Waals surface area contributed by atoms with Gasteiger partial charge in [0.05, 0.1) is 6.20 Å². The van der Waals surface area contributed by atoms with E-state index in [4.69, 9.17) is 5.73 Å². The minimum Gasteiger partial charge on any atom is -0.382 e. The molecular weight excluding hydrogens is 166 g/mol. The lowest BCUT2D eigenvalue weighted by atomic mass is 10.4. The van der Waals surface area contributed by atoms with Crippen LogP contribution in [0.5, 0.6) is 0 Å². The molecule has 13 heavy (non-hydrogen) atoms. The lowest BCUT2D eigenvalue weighted by Crippen LogP contribution is -2.04. The van der Waals surface area contributed by atoms with Gasteiger partial charge in [0.15, 0.2) is 5.82 Å². The molecule has 2 aromatic heterocycles. The van der Waals surface area contributed by atoms with Crippen LogP contribution in [-0.4, -0.2) is 19.7 Å². The molecule has 0 bridgehead atoms. The van der Waals surface area contributed by atoms with Gasteiger partial charge < -0.3 is 5.73 Å². The molecule has 2 N–H and O–H groups in total. The van der Waals surface area contributed by atoms with Crippen LogP contribution >= 0.6 is 0 Å². The van der Waals surface area contributed by atoms with Crippen LogP contribution in [0.1, 0.15) is 5.82 Å². The van der Waals surface area contributed by atoms with Crippen molar-refractivity contribution in [2.75, 3.05) is 5.73 Å². The van der Waals surface area contributed by atoms with Crippen LogP contribution in [0, 0.1) is 6.92 Å². The molecule has 2 rings (SSSR count). The molecule has 2 heterocycles. The second kappa shape index (κ2) is 2.85. The summed E-state index contributed by atoms with van der Waals surface area (Å²) in [5.41, 5.74) is 6.40. The Labute approximate surface area is 75.2 Å². The molecular formula is C8H9N5. The Morgan fingerprint density at radius 3 is 2.92 bits per heavy atom. The predicted octanol–water partition coefficient (Wildman–Crippen LogP) is 0.553. The van der Waals surface area contributed by atoms with Crippen molar-refractivity contribution in [3.05, 3.63) is 30.5 Å². The first-order valence-electron chi connectivity index (χ1n) is 3.86. The topological polar surface area (TPSA) is 69.6 Å². The normalized spacial score (nSPS) is 10.2. The third-order valence-corrected chi connectivity index (χ3v) is 1.67. The zero-order chi connectivity index (χ0) is 9.26. The predicted molar refractivity (Wildman–Crippen MR) is 48.3 cm³/mol. The minimum atomic E-state index is 0.441. The molecule has 0 aliphatic rings. The Morgan fingerprint density at radius 2 is 2.31 bits per heavy atom. The molecule has 0 aliphatic carbocycles. The lowest BCUT2D eigenvalue weighted by molar-refractivity contribution is 0.861. The van der Waals surface area contributed by atoms with Crippen molar-refractivity contribution >= 4 is 5.82 Å². The molecule has 0 radical (unpaired) electrons. The first kappa shape index (κ1) is 7.72. The Kier molecular flexibility index (Phi) is 1.70. The van der Waals surface area contributed by atoms with Crippen LogP contribution < -0.4 is 5.73 Å². The third kappa shape index (κ3) is 1.35. The fourth-order valence-electron chi connectivity index (χ4n) is 1.07. The molecule has 0 aliphatic heterocycles. The zero-order valence-electron chi connectivity index (χ0n) is 7.18. The molecule has 5 nitrogen and oxygen atoms in total. The number of aryl methyl sites for hydroxylation is 1. The molecule has 0 saturated heterocycles. The van der Waals surface area contributed by atoms with E-state index in [0.29, 0.717) is 17.3 Å². The van der Waals surface area contributed by atoms with Gasteiger partial charge in [0.1, 0.15) is 11.5 Å². The third-order valence-electron chi connectivity index (χ3n) is 1.67. The molecule has 0 amide bonds. The van der Waals surface area contributed by atoms with Gasteiger partial charge >= 0.3 is 0 Å². The van der Waals surface area contributed by atoms with Crippen LogP contribution in [0.4, 0.5) is 5.82 Å². The molecule has 0 unspecified atom stereocenters. The van der Waals surface area contributed by atoms with Crippen molar-refractivity contribution in [3.63, 3.8) is 0 Å². The van der Waals surface area contributed by atoms with Crippen LogP contribution in [0.25, 0.3) is 5.69 Å². The molecule has 0 atom stereocenters. The lowest BCUT2D eigenvalue weighted by Gasteiger charge is -2.03. The first-order chi connectivity index (χ1) is 6.27. The average molecular weight is 175 g/mol. The summed E-state index contributed by atoms with van der Waals surface area (Å²) in [5.74, 6) is 1.10. The van der Waals surface area contributed by atoms with Gasteiger partial charge in [-0.1, -0.05) is 0 Å². The fraction of sp³-hybridized carbons (Fsp3) is 0.125. The van der Waals surface area contributed by atoms with Gasteiger partial charge in [-0.15, -0.1) is 0 Å². The summed E-state index contributed by atoms with van der Waals surface area (Å²) in [4.78, 5) is 8.08. The number of hydrogen-bond donors (Lipinski definition) is 1. The summed E-state index contributed by atoms with van der Waals surface area (Å²) in [6.07, 6.45) is 5.13. The second-order valence-corrected chi connectivity index (χ2v) is 2.64. The maximum absolute atomic E-state index is 5.70. The van der Waals surface area contributed by atoms with Crippen LogP contribution in [0.3, 0.4) is 0 Å². The molecule has 0 fully saturated rings. The highest BCUT2D eigenvalue weighted by molar-refractivity contribution is 5.49. The Balaban J connectivity index is 2.53.